The van der Waals surface area contributed by atoms with Crippen LogP contribution in [0.5, 0.6) is 0 Å². The third-order valence-corrected chi connectivity index (χ3v) is 8.06. The highest BCUT2D eigenvalue weighted by atomic mass is 16.5. The highest BCUT2D eigenvalue weighted by Crippen LogP contribution is 2.51. The molecule has 1 saturated carbocycles. The molecule has 0 radical (unpaired) electrons. The Morgan fingerprint density at radius 1 is 1.15 bits per heavy atom. The molecule has 3 saturated heterocycles. The summed E-state index contributed by atoms with van der Waals surface area (Å²) in [6, 6.07) is -0.210. The Labute approximate surface area is 202 Å². The molecule has 188 valence electrons. The minimum absolute atomic E-state index is 0.00958. The average molecular weight is 474 g/mol. The molecule has 1 N–H and O–H groups in total. The standard InChI is InChI=1S/C26H39N3O5/c1-3-4-5-8-21(2)22-17-33-16-14-29(22)24(31)28-12-11-26(32,25(19-28)9-6-7-10-25)20-27-13-15-34-18-23(27)30/h3-5,8,22,32H,2,6-7,9-20H2,1H3/b4-3-,8-5-/t22-,26?/m0/s1. The lowest BCUT2D eigenvalue weighted by Gasteiger charge is -2.54. The van der Waals surface area contributed by atoms with Gasteiger partial charge >= 0.3 is 6.03 Å². The van der Waals surface area contributed by atoms with Crippen LogP contribution in [0.2, 0.25) is 0 Å². The van der Waals surface area contributed by atoms with Gasteiger partial charge in [-0.2, -0.15) is 0 Å². The first-order chi connectivity index (χ1) is 16.4. The lowest BCUT2D eigenvalue weighted by Crippen LogP contribution is -2.66. The monoisotopic (exact) mass is 473 g/mol. The number of ether oxygens (including phenoxy) is 2. The number of urea groups is 1. The summed E-state index contributed by atoms with van der Waals surface area (Å²) in [5, 5.41) is 11.9. The Morgan fingerprint density at radius 2 is 1.91 bits per heavy atom. The van der Waals surface area contributed by atoms with E-state index in [9.17, 15) is 14.7 Å². The van der Waals surface area contributed by atoms with Crippen LogP contribution in [0.1, 0.15) is 39.0 Å². The van der Waals surface area contributed by atoms with Crippen molar-refractivity contribution in [1.29, 1.82) is 0 Å². The molecule has 4 rings (SSSR count). The molecule has 3 heterocycles. The van der Waals surface area contributed by atoms with Crippen LogP contribution in [0, 0.1) is 5.41 Å². The molecule has 34 heavy (non-hydrogen) atoms. The van der Waals surface area contributed by atoms with Gasteiger partial charge in [-0.05, 0) is 31.8 Å². The van der Waals surface area contributed by atoms with E-state index >= 15 is 0 Å². The summed E-state index contributed by atoms with van der Waals surface area (Å²) in [7, 11) is 0. The van der Waals surface area contributed by atoms with Crippen molar-refractivity contribution in [1.82, 2.24) is 14.7 Å². The second kappa shape index (κ2) is 10.6. The summed E-state index contributed by atoms with van der Waals surface area (Å²) in [5.74, 6) is -0.0630. The van der Waals surface area contributed by atoms with E-state index in [4.69, 9.17) is 9.47 Å². The van der Waals surface area contributed by atoms with Gasteiger partial charge in [0.25, 0.3) is 0 Å². The molecule has 3 amide bonds. The number of hydrogen-bond acceptors (Lipinski definition) is 5. The lowest BCUT2D eigenvalue weighted by atomic mass is 9.65. The van der Waals surface area contributed by atoms with E-state index in [1.807, 2.05) is 41.0 Å². The fourth-order valence-electron chi connectivity index (χ4n) is 6.02. The van der Waals surface area contributed by atoms with Crippen molar-refractivity contribution in [2.75, 3.05) is 59.2 Å². The molecule has 1 aliphatic carbocycles. The van der Waals surface area contributed by atoms with Gasteiger partial charge in [-0.25, -0.2) is 4.79 Å². The first-order valence-electron chi connectivity index (χ1n) is 12.6. The van der Waals surface area contributed by atoms with E-state index in [1.165, 1.54) is 0 Å². The second-order valence-electron chi connectivity index (χ2n) is 10.1. The Balaban J connectivity index is 1.49. The van der Waals surface area contributed by atoms with Crippen molar-refractivity contribution >= 4 is 11.9 Å². The normalized spacial score (nSPS) is 30.1. The van der Waals surface area contributed by atoms with Gasteiger partial charge in [0, 0.05) is 31.6 Å². The summed E-state index contributed by atoms with van der Waals surface area (Å²) in [6.07, 6.45) is 12.0. The van der Waals surface area contributed by atoms with Crippen LogP contribution >= 0.6 is 0 Å². The quantitative estimate of drug-likeness (QED) is 0.620. The molecule has 3 aliphatic heterocycles. The van der Waals surface area contributed by atoms with Crippen LogP contribution in [-0.4, -0.2) is 103 Å². The Bertz CT molecular complexity index is 834. The van der Waals surface area contributed by atoms with Crippen molar-refractivity contribution < 1.29 is 24.2 Å². The van der Waals surface area contributed by atoms with E-state index in [2.05, 4.69) is 6.58 Å². The third-order valence-electron chi connectivity index (χ3n) is 8.06. The van der Waals surface area contributed by atoms with E-state index in [1.54, 1.807) is 4.90 Å². The maximum atomic E-state index is 13.7. The molecule has 0 aromatic rings. The molecule has 0 aromatic carbocycles. The van der Waals surface area contributed by atoms with Crippen LogP contribution in [-0.2, 0) is 14.3 Å². The molecule has 2 atom stereocenters. The van der Waals surface area contributed by atoms with Crippen LogP contribution < -0.4 is 0 Å². The zero-order chi connectivity index (χ0) is 24.2. The molecular weight excluding hydrogens is 434 g/mol. The molecular formula is C26H39N3O5. The number of piperidine rings is 1. The van der Waals surface area contributed by atoms with Crippen molar-refractivity contribution in [3.63, 3.8) is 0 Å². The van der Waals surface area contributed by atoms with Crippen LogP contribution in [0.15, 0.2) is 36.5 Å². The lowest BCUT2D eigenvalue weighted by molar-refractivity contribution is -0.165. The molecule has 1 spiro atoms. The van der Waals surface area contributed by atoms with E-state index < -0.39 is 5.60 Å². The molecule has 1 unspecified atom stereocenters. The summed E-state index contributed by atoms with van der Waals surface area (Å²) >= 11 is 0. The molecule has 4 aliphatic rings. The van der Waals surface area contributed by atoms with Gasteiger partial charge < -0.3 is 29.3 Å². The van der Waals surface area contributed by atoms with Gasteiger partial charge in [-0.15, -0.1) is 0 Å². The van der Waals surface area contributed by atoms with Crippen molar-refractivity contribution in [3.05, 3.63) is 36.5 Å². The Kier molecular flexibility index (Phi) is 7.80. The fourth-order valence-corrected chi connectivity index (χ4v) is 6.02. The van der Waals surface area contributed by atoms with Gasteiger partial charge in [0.15, 0.2) is 0 Å². The number of allylic oxidation sites excluding steroid dienone is 3. The SMILES string of the molecule is C=C(/C=C\C=C/C)[C@@H]1COCCN1C(=O)N1CCC(O)(CN2CCOCC2=O)C2(CCCC2)C1. The minimum Gasteiger partial charge on any atom is -0.387 e. The second-order valence-corrected chi connectivity index (χ2v) is 10.1. The predicted molar refractivity (Wildman–Crippen MR) is 129 cm³/mol. The van der Waals surface area contributed by atoms with Crippen LogP contribution in [0.25, 0.3) is 0 Å². The average Bonchev–Trinajstić information content (AvgIpc) is 3.32. The Hall–Kier alpha value is -2.16. The summed E-state index contributed by atoms with van der Waals surface area (Å²) in [6.45, 7) is 10.0. The van der Waals surface area contributed by atoms with Crippen LogP contribution in [0.4, 0.5) is 4.79 Å². The largest absolute Gasteiger partial charge is 0.387 e. The molecule has 0 aromatic heterocycles. The summed E-state index contributed by atoms with van der Waals surface area (Å²) in [5.41, 5.74) is -0.526. The maximum Gasteiger partial charge on any atom is 0.320 e. The Morgan fingerprint density at radius 3 is 2.65 bits per heavy atom. The molecule has 8 heteroatoms. The predicted octanol–water partition coefficient (Wildman–Crippen LogP) is 2.35. The third kappa shape index (κ3) is 4.95. The molecule has 0 bridgehead atoms. The van der Waals surface area contributed by atoms with Gasteiger partial charge in [0.1, 0.15) is 6.61 Å². The zero-order valence-electron chi connectivity index (χ0n) is 20.4. The first kappa shape index (κ1) is 24.9. The van der Waals surface area contributed by atoms with Gasteiger partial charge in [0.05, 0.1) is 38.0 Å². The number of β-amino-alcohol motifs (C(OH)–C–C–N with tert-alkyl or cyclic N) is 1. The molecule has 8 nitrogen and oxygen atoms in total. The van der Waals surface area contributed by atoms with Crippen molar-refractivity contribution in [3.8, 4) is 0 Å². The number of amides is 3. The van der Waals surface area contributed by atoms with Crippen LogP contribution in [0.3, 0.4) is 0 Å². The first-order valence-corrected chi connectivity index (χ1v) is 12.6. The summed E-state index contributed by atoms with van der Waals surface area (Å²) < 4.78 is 11.0. The van der Waals surface area contributed by atoms with E-state index in [0.29, 0.717) is 59.0 Å². The van der Waals surface area contributed by atoms with Crippen molar-refractivity contribution in [2.24, 2.45) is 5.41 Å². The van der Waals surface area contributed by atoms with Gasteiger partial charge in [0.2, 0.25) is 5.91 Å². The zero-order valence-corrected chi connectivity index (χ0v) is 20.4. The number of carbonyl (C=O) groups is 2. The number of likely N-dealkylation sites (tertiary alicyclic amines) is 1. The van der Waals surface area contributed by atoms with E-state index in [-0.39, 0.29) is 30.0 Å². The maximum absolute atomic E-state index is 13.7. The van der Waals surface area contributed by atoms with Gasteiger partial charge in [-0.1, -0.05) is 43.7 Å². The number of rotatable bonds is 5. The number of morpholine rings is 2. The number of aliphatic hydroxyl groups is 1. The number of hydrogen-bond donors (Lipinski definition) is 1. The highest BCUT2D eigenvalue weighted by Gasteiger charge is 2.56. The highest BCUT2D eigenvalue weighted by molar-refractivity contribution is 5.78. The molecule has 4 fully saturated rings. The van der Waals surface area contributed by atoms with Crippen molar-refractivity contribution in [2.45, 2.75) is 50.7 Å². The smallest absolute Gasteiger partial charge is 0.320 e. The number of nitrogens with zero attached hydrogens (tertiary/aromatic N) is 3. The minimum atomic E-state index is -0.990. The topological polar surface area (TPSA) is 82.6 Å². The fraction of sp³-hybridized carbons (Fsp3) is 0.692. The van der Waals surface area contributed by atoms with E-state index in [0.717, 1.165) is 31.3 Å². The number of carbonyl (C=O) groups excluding carboxylic acids is 2. The van der Waals surface area contributed by atoms with Gasteiger partial charge in [-0.3, -0.25) is 4.79 Å². The summed E-state index contributed by atoms with van der Waals surface area (Å²) in [4.78, 5) is 31.7.